The van der Waals surface area contributed by atoms with Crippen molar-refractivity contribution in [1.29, 1.82) is 0 Å². The van der Waals surface area contributed by atoms with Gasteiger partial charge in [0, 0.05) is 17.3 Å². The van der Waals surface area contributed by atoms with E-state index in [1.54, 1.807) is 6.20 Å². The van der Waals surface area contributed by atoms with Crippen LogP contribution < -0.4 is 0 Å². The van der Waals surface area contributed by atoms with Crippen LogP contribution in [0.5, 0.6) is 0 Å². The zero-order chi connectivity index (χ0) is 14.0. The number of carbonyl (C=O) groups is 1. The molecule has 0 aliphatic heterocycles. The fourth-order valence-corrected chi connectivity index (χ4v) is 2.11. The number of benzene rings is 1. The minimum Gasteiger partial charge on any atom is -0.460 e. The molecule has 0 amide bonds. The molecule has 0 unspecified atom stereocenters. The molecule has 0 atom stereocenters. The summed E-state index contributed by atoms with van der Waals surface area (Å²) in [5.74, 6) is -0.200. The average Bonchev–Trinajstić information content (AvgIpc) is 2.28. The quantitative estimate of drug-likeness (QED) is 0.774. The molecule has 1 aromatic carbocycles. The van der Waals surface area contributed by atoms with Crippen molar-refractivity contribution in [2.75, 3.05) is 0 Å². The Morgan fingerprint density at radius 3 is 2.63 bits per heavy atom. The predicted octanol–water partition coefficient (Wildman–Crippen LogP) is 3.43. The number of aryl methyl sites for hydroxylation is 1. The van der Waals surface area contributed by atoms with Gasteiger partial charge in [0.2, 0.25) is 0 Å². The van der Waals surface area contributed by atoms with E-state index in [0.717, 1.165) is 22.0 Å². The van der Waals surface area contributed by atoms with Crippen LogP contribution in [-0.2, 0) is 16.0 Å². The molecule has 0 bridgehead atoms. The summed E-state index contributed by atoms with van der Waals surface area (Å²) in [6.45, 7) is 7.60. The van der Waals surface area contributed by atoms with Gasteiger partial charge in [-0.05, 0) is 44.7 Å². The summed E-state index contributed by atoms with van der Waals surface area (Å²) in [5.41, 5.74) is 1.51. The van der Waals surface area contributed by atoms with Crippen molar-refractivity contribution >= 4 is 16.7 Å². The maximum absolute atomic E-state index is 11.9. The van der Waals surface area contributed by atoms with Crippen molar-refractivity contribution in [2.24, 2.45) is 0 Å². The van der Waals surface area contributed by atoms with E-state index in [4.69, 9.17) is 4.74 Å². The normalized spacial score (nSPS) is 11.6. The van der Waals surface area contributed by atoms with Crippen molar-refractivity contribution in [3.63, 3.8) is 0 Å². The van der Waals surface area contributed by atoms with Gasteiger partial charge in [-0.3, -0.25) is 9.78 Å². The molecule has 1 heterocycles. The highest BCUT2D eigenvalue weighted by molar-refractivity contribution is 5.90. The first-order valence-electron chi connectivity index (χ1n) is 6.42. The fourth-order valence-electron chi connectivity index (χ4n) is 2.11. The number of rotatable bonds is 2. The molecule has 2 aromatic rings. The van der Waals surface area contributed by atoms with Gasteiger partial charge in [-0.1, -0.05) is 18.2 Å². The third-order valence-corrected chi connectivity index (χ3v) is 2.85. The van der Waals surface area contributed by atoms with Crippen LogP contribution in [0.4, 0.5) is 0 Å². The lowest BCUT2D eigenvalue weighted by Crippen LogP contribution is -2.24. The number of esters is 1. The van der Waals surface area contributed by atoms with Crippen LogP contribution in [-0.4, -0.2) is 16.6 Å². The van der Waals surface area contributed by atoms with Crippen molar-refractivity contribution in [3.05, 3.63) is 41.7 Å². The molecule has 0 spiro atoms. The van der Waals surface area contributed by atoms with Crippen molar-refractivity contribution < 1.29 is 9.53 Å². The third kappa shape index (κ3) is 3.31. The second kappa shape index (κ2) is 5.00. The van der Waals surface area contributed by atoms with E-state index < -0.39 is 5.60 Å². The van der Waals surface area contributed by atoms with E-state index in [1.165, 1.54) is 0 Å². The molecule has 100 valence electrons. The number of pyridine rings is 1. The first-order chi connectivity index (χ1) is 8.87. The Kier molecular flexibility index (Phi) is 3.56. The number of aromatic nitrogens is 1. The zero-order valence-corrected chi connectivity index (χ0v) is 11.9. The highest BCUT2D eigenvalue weighted by atomic mass is 16.6. The predicted molar refractivity (Wildman–Crippen MR) is 76.0 cm³/mol. The maximum atomic E-state index is 11.9. The van der Waals surface area contributed by atoms with Crippen molar-refractivity contribution in [3.8, 4) is 0 Å². The lowest BCUT2D eigenvalue weighted by molar-refractivity contribution is -0.153. The summed E-state index contributed by atoms with van der Waals surface area (Å²) in [5, 5.41) is 2.16. The smallest absolute Gasteiger partial charge is 0.310 e. The van der Waals surface area contributed by atoms with Crippen LogP contribution in [0.15, 0.2) is 30.5 Å². The van der Waals surface area contributed by atoms with Gasteiger partial charge in [-0.2, -0.15) is 0 Å². The minimum absolute atomic E-state index is 0.200. The first kappa shape index (κ1) is 13.5. The molecule has 2 rings (SSSR count). The molecule has 0 fully saturated rings. The average molecular weight is 257 g/mol. The van der Waals surface area contributed by atoms with E-state index in [2.05, 4.69) is 4.98 Å². The van der Waals surface area contributed by atoms with Gasteiger partial charge in [-0.15, -0.1) is 0 Å². The molecule has 0 saturated heterocycles. The molecular formula is C16H19NO2. The largest absolute Gasteiger partial charge is 0.460 e. The fraction of sp³-hybridized carbons (Fsp3) is 0.375. The summed E-state index contributed by atoms with van der Waals surface area (Å²) in [6.07, 6.45) is 2.06. The number of carbonyl (C=O) groups excluding carboxylic acids is 1. The van der Waals surface area contributed by atoms with Gasteiger partial charge in [0.1, 0.15) is 5.60 Å². The SMILES string of the molecule is Cc1nccc2c(CC(=O)OC(C)(C)C)cccc12. The van der Waals surface area contributed by atoms with Crippen LogP contribution >= 0.6 is 0 Å². The summed E-state index contributed by atoms with van der Waals surface area (Å²) >= 11 is 0. The standard InChI is InChI=1S/C16H19NO2/c1-11-13-7-5-6-12(14(13)8-9-17-11)10-15(18)19-16(2,3)4/h5-9H,10H2,1-4H3. The molecule has 0 N–H and O–H groups in total. The Morgan fingerprint density at radius 2 is 1.95 bits per heavy atom. The molecular weight excluding hydrogens is 238 g/mol. The molecule has 1 aromatic heterocycles. The topological polar surface area (TPSA) is 39.2 Å². The lowest BCUT2D eigenvalue weighted by atomic mass is 10.0. The number of ether oxygens (including phenoxy) is 1. The highest BCUT2D eigenvalue weighted by Gasteiger charge is 2.17. The zero-order valence-electron chi connectivity index (χ0n) is 11.9. The third-order valence-electron chi connectivity index (χ3n) is 2.85. The van der Waals surface area contributed by atoms with Crippen molar-refractivity contribution in [2.45, 2.75) is 39.7 Å². The second-order valence-corrected chi connectivity index (χ2v) is 5.67. The molecule has 0 aliphatic rings. The van der Waals surface area contributed by atoms with Crippen LogP contribution in [0.1, 0.15) is 32.0 Å². The Hall–Kier alpha value is -1.90. The van der Waals surface area contributed by atoms with Gasteiger partial charge in [0.15, 0.2) is 0 Å². The van der Waals surface area contributed by atoms with Crippen LogP contribution in [0, 0.1) is 6.92 Å². The van der Waals surface area contributed by atoms with Gasteiger partial charge < -0.3 is 4.74 Å². The summed E-state index contributed by atoms with van der Waals surface area (Å²) in [4.78, 5) is 16.2. The van der Waals surface area contributed by atoms with Crippen LogP contribution in [0.25, 0.3) is 10.8 Å². The van der Waals surface area contributed by atoms with Gasteiger partial charge in [0.05, 0.1) is 6.42 Å². The van der Waals surface area contributed by atoms with Crippen LogP contribution in [0.3, 0.4) is 0 Å². The highest BCUT2D eigenvalue weighted by Crippen LogP contribution is 2.21. The second-order valence-electron chi connectivity index (χ2n) is 5.67. The Labute approximate surface area is 113 Å². The molecule has 3 heteroatoms. The summed E-state index contributed by atoms with van der Waals surface area (Å²) < 4.78 is 5.37. The van der Waals surface area contributed by atoms with Crippen LogP contribution in [0.2, 0.25) is 0 Å². The maximum Gasteiger partial charge on any atom is 0.310 e. The van der Waals surface area contributed by atoms with Gasteiger partial charge in [-0.25, -0.2) is 0 Å². The Morgan fingerprint density at radius 1 is 1.21 bits per heavy atom. The summed E-state index contributed by atoms with van der Waals surface area (Å²) in [6, 6.07) is 7.89. The van der Waals surface area contributed by atoms with E-state index in [0.29, 0.717) is 0 Å². The van der Waals surface area contributed by atoms with Crippen molar-refractivity contribution in [1.82, 2.24) is 4.98 Å². The Bertz CT molecular complexity index is 612. The molecule has 19 heavy (non-hydrogen) atoms. The number of nitrogens with zero attached hydrogens (tertiary/aromatic N) is 1. The van der Waals surface area contributed by atoms with E-state index in [1.807, 2.05) is 52.0 Å². The first-order valence-corrected chi connectivity index (χ1v) is 6.42. The molecule has 0 radical (unpaired) electrons. The minimum atomic E-state index is -0.445. The summed E-state index contributed by atoms with van der Waals surface area (Å²) in [7, 11) is 0. The van der Waals surface area contributed by atoms with Gasteiger partial charge >= 0.3 is 5.97 Å². The van der Waals surface area contributed by atoms with E-state index in [-0.39, 0.29) is 12.4 Å². The number of hydrogen-bond donors (Lipinski definition) is 0. The van der Waals surface area contributed by atoms with E-state index in [9.17, 15) is 4.79 Å². The number of hydrogen-bond acceptors (Lipinski definition) is 3. The van der Waals surface area contributed by atoms with E-state index >= 15 is 0 Å². The van der Waals surface area contributed by atoms with Gasteiger partial charge in [0.25, 0.3) is 0 Å². The lowest BCUT2D eigenvalue weighted by Gasteiger charge is -2.19. The Balaban J connectivity index is 2.31. The molecule has 0 saturated carbocycles. The molecule has 3 nitrogen and oxygen atoms in total. The number of fused-ring (bicyclic) bond motifs is 1. The molecule has 0 aliphatic carbocycles. The monoisotopic (exact) mass is 257 g/mol.